The Bertz CT molecular complexity index is 564. The number of carbonyl (C=O) groups excluding carboxylic acids is 1. The highest BCUT2D eigenvalue weighted by molar-refractivity contribution is 7.09. The van der Waals surface area contributed by atoms with Gasteiger partial charge in [-0.2, -0.15) is 0 Å². The average Bonchev–Trinajstić information content (AvgIpc) is 3.04. The van der Waals surface area contributed by atoms with E-state index >= 15 is 0 Å². The molecule has 2 aromatic heterocycles. The number of furan rings is 1. The van der Waals surface area contributed by atoms with Crippen LogP contribution in [0.15, 0.2) is 28.3 Å². The summed E-state index contributed by atoms with van der Waals surface area (Å²) in [4.78, 5) is 18.6. The second kappa shape index (κ2) is 5.14. The van der Waals surface area contributed by atoms with Gasteiger partial charge in [0.1, 0.15) is 16.8 Å². The van der Waals surface area contributed by atoms with Crippen molar-refractivity contribution in [2.24, 2.45) is 0 Å². The third-order valence-electron chi connectivity index (χ3n) is 3.35. The number of fused-ring (bicyclic) bond motifs is 1. The molecule has 5 nitrogen and oxygen atoms in total. The summed E-state index contributed by atoms with van der Waals surface area (Å²) in [7, 11) is 1.78. The summed E-state index contributed by atoms with van der Waals surface area (Å²) in [5, 5.41) is 5.93. The minimum absolute atomic E-state index is 0.0476. The molecule has 6 heteroatoms. The quantitative estimate of drug-likeness (QED) is 0.925. The number of thiazole rings is 1. The molecule has 1 aliphatic rings. The number of aromatic nitrogens is 1. The van der Waals surface area contributed by atoms with Gasteiger partial charge < -0.3 is 14.6 Å². The van der Waals surface area contributed by atoms with Crippen LogP contribution in [0.2, 0.25) is 0 Å². The summed E-state index contributed by atoms with van der Waals surface area (Å²) in [6, 6.07) is 1.55. The Kier molecular flexibility index (Phi) is 3.35. The van der Waals surface area contributed by atoms with Crippen molar-refractivity contribution in [2.75, 3.05) is 13.6 Å². The molecule has 0 aromatic carbocycles. The Balaban J connectivity index is 1.85. The van der Waals surface area contributed by atoms with Crippen LogP contribution in [0.3, 0.4) is 0 Å². The number of amides is 1. The molecule has 1 atom stereocenters. The predicted molar refractivity (Wildman–Crippen MR) is 71.7 cm³/mol. The second-order valence-electron chi connectivity index (χ2n) is 4.47. The summed E-state index contributed by atoms with van der Waals surface area (Å²) >= 11 is 1.57. The third-order valence-corrected chi connectivity index (χ3v) is 4.12. The Morgan fingerprint density at radius 1 is 1.63 bits per heavy atom. The van der Waals surface area contributed by atoms with Crippen molar-refractivity contribution in [2.45, 2.75) is 19.0 Å². The Morgan fingerprint density at radius 3 is 3.26 bits per heavy atom. The molecule has 3 heterocycles. The van der Waals surface area contributed by atoms with Gasteiger partial charge in [0, 0.05) is 18.1 Å². The minimum Gasteiger partial charge on any atom is -0.467 e. The van der Waals surface area contributed by atoms with Gasteiger partial charge in [0.15, 0.2) is 0 Å². The number of rotatable bonds is 3. The second-order valence-corrected chi connectivity index (χ2v) is 5.45. The Morgan fingerprint density at radius 2 is 2.53 bits per heavy atom. The maximum atomic E-state index is 12.5. The average molecular weight is 277 g/mol. The lowest BCUT2D eigenvalue weighted by molar-refractivity contribution is -0.134. The molecule has 100 valence electrons. The molecule has 19 heavy (non-hydrogen) atoms. The fraction of sp³-hybridized carbons (Fsp3) is 0.385. The highest BCUT2D eigenvalue weighted by Gasteiger charge is 2.32. The molecule has 0 bridgehead atoms. The van der Waals surface area contributed by atoms with E-state index in [1.807, 2.05) is 16.3 Å². The van der Waals surface area contributed by atoms with Crippen LogP contribution in [-0.4, -0.2) is 29.4 Å². The van der Waals surface area contributed by atoms with E-state index in [2.05, 4.69) is 10.3 Å². The molecule has 0 saturated carbocycles. The zero-order chi connectivity index (χ0) is 13.2. The van der Waals surface area contributed by atoms with Crippen molar-refractivity contribution < 1.29 is 9.21 Å². The van der Waals surface area contributed by atoms with Gasteiger partial charge in [0.05, 0.1) is 12.8 Å². The maximum Gasteiger partial charge on any atom is 0.247 e. The van der Waals surface area contributed by atoms with Gasteiger partial charge in [-0.25, -0.2) is 4.98 Å². The minimum atomic E-state index is -0.396. The van der Waals surface area contributed by atoms with Crippen molar-refractivity contribution in [3.05, 3.63) is 40.2 Å². The molecular weight excluding hydrogens is 262 g/mol. The highest BCUT2D eigenvalue weighted by atomic mass is 32.1. The van der Waals surface area contributed by atoms with E-state index < -0.39 is 6.04 Å². The topological polar surface area (TPSA) is 58.4 Å². The smallest absolute Gasteiger partial charge is 0.247 e. The van der Waals surface area contributed by atoms with Crippen molar-refractivity contribution in [3.8, 4) is 0 Å². The fourth-order valence-corrected chi connectivity index (χ4v) is 3.00. The summed E-state index contributed by atoms with van der Waals surface area (Å²) in [6.07, 6.45) is 4.24. The molecule has 0 aliphatic carbocycles. The van der Waals surface area contributed by atoms with Crippen LogP contribution >= 0.6 is 11.3 Å². The largest absolute Gasteiger partial charge is 0.467 e. The Labute approximate surface area is 115 Å². The molecule has 3 rings (SSSR count). The number of nitrogens with one attached hydrogen (secondary N) is 1. The van der Waals surface area contributed by atoms with Crippen LogP contribution in [0.25, 0.3) is 0 Å². The van der Waals surface area contributed by atoms with Gasteiger partial charge in [0.2, 0.25) is 5.91 Å². The van der Waals surface area contributed by atoms with Crippen LogP contribution in [0.4, 0.5) is 0 Å². The fourth-order valence-electron chi connectivity index (χ4n) is 2.37. The number of nitrogens with zero attached hydrogens (tertiary/aromatic N) is 2. The standard InChI is InChI=1S/C13H15N3O2S/c1-14-11-12-9(3-6-18-12)2-5-16(13(11)17)8-10-15-4-7-19-10/h3-4,6-7,11,14H,2,5,8H2,1H3. The first kappa shape index (κ1) is 12.4. The van der Waals surface area contributed by atoms with E-state index in [0.717, 1.165) is 22.8 Å². The molecule has 0 fully saturated rings. The van der Waals surface area contributed by atoms with Crippen LogP contribution in [-0.2, 0) is 17.8 Å². The lowest BCUT2D eigenvalue weighted by atomic mass is 10.1. The van der Waals surface area contributed by atoms with Gasteiger partial charge in [-0.15, -0.1) is 11.3 Å². The van der Waals surface area contributed by atoms with E-state index in [4.69, 9.17) is 4.42 Å². The SMILES string of the molecule is CNC1C(=O)N(Cc2nccs2)CCc2ccoc21. The molecule has 1 amide bonds. The van der Waals surface area contributed by atoms with Gasteiger partial charge in [-0.3, -0.25) is 4.79 Å². The molecule has 0 saturated heterocycles. The van der Waals surface area contributed by atoms with Crippen LogP contribution in [0.5, 0.6) is 0 Å². The maximum absolute atomic E-state index is 12.5. The first-order valence-electron chi connectivity index (χ1n) is 6.20. The van der Waals surface area contributed by atoms with Gasteiger partial charge in [-0.05, 0) is 25.1 Å². The van der Waals surface area contributed by atoms with Crippen LogP contribution in [0, 0.1) is 0 Å². The van der Waals surface area contributed by atoms with Crippen LogP contribution in [0.1, 0.15) is 22.4 Å². The lowest BCUT2D eigenvalue weighted by Gasteiger charge is -2.22. The molecule has 1 unspecified atom stereocenters. The van der Waals surface area contributed by atoms with Gasteiger partial charge in [0.25, 0.3) is 0 Å². The summed E-state index contributed by atoms with van der Waals surface area (Å²) in [5.74, 6) is 0.792. The summed E-state index contributed by atoms with van der Waals surface area (Å²) in [5.41, 5.74) is 1.11. The molecule has 0 radical (unpaired) electrons. The number of likely N-dealkylation sites (N-methyl/N-ethyl adjacent to an activating group) is 1. The first-order chi connectivity index (χ1) is 9.29. The lowest BCUT2D eigenvalue weighted by Crippen LogP contribution is -2.38. The van der Waals surface area contributed by atoms with E-state index in [1.165, 1.54) is 0 Å². The first-order valence-corrected chi connectivity index (χ1v) is 7.08. The van der Waals surface area contributed by atoms with E-state index in [0.29, 0.717) is 13.1 Å². The van der Waals surface area contributed by atoms with Gasteiger partial charge in [-0.1, -0.05) is 0 Å². The van der Waals surface area contributed by atoms with Gasteiger partial charge >= 0.3 is 0 Å². The van der Waals surface area contributed by atoms with E-state index in [9.17, 15) is 4.79 Å². The van der Waals surface area contributed by atoms with Crippen LogP contribution < -0.4 is 5.32 Å². The summed E-state index contributed by atoms with van der Waals surface area (Å²) < 4.78 is 5.47. The van der Waals surface area contributed by atoms with E-state index in [1.54, 1.807) is 30.8 Å². The number of hydrogen-bond donors (Lipinski definition) is 1. The molecule has 0 spiro atoms. The Hall–Kier alpha value is -1.66. The monoisotopic (exact) mass is 277 g/mol. The molecule has 1 N–H and O–H groups in total. The molecule has 2 aromatic rings. The normalized spacial score (nSPS) is 19.3. The van der Waals surface area contributed by atoms with Crippen molar-refractivity contribution in [1.29, 1.82) is 0 Å². The third kappa shape index (κ3) is 2.29. The number of carbonyl (C=O) groups is 1. The van der Waals surface area contributed by atoms with Crippen molar-refractivity contribution in [1.82, 2.24) is 15.2 Å². The van der Waals surface area contributed by atoms with Crippen molar-refractivity contribution >= 4 is 17.2 Å². The predicted octanol–water partition coefficient (Wildman–Crippen LogP) is 1.58. The highest BCUT2D eigenvalue weighted by Crippen LogP contribution is 2.26. The van der Waals surface area contributed by atoms with E-state index in [-0.39, 0.29) is 5.91 Å². The summed E-state index contributed by atoms with van der Waals surface area (Å²) in [6.45, 7) is 1.27. The molecule has 1 aliphatic heterocycles. The zero-order valence-corrected chi connectivity index (χ0v) is 11.4. The molecular formula is C13H15N3O2S. The number of hydrogen-bond acceptors (Lipinski definition) is 5. The zero-order valence-electron chi connectivity index (χ0n) is 10.6. The van der Waals surface area contributed by atoms with Crippen molar-refractivity contribution in [3.63, 3.8) is 0 Å².